The number of hydrogen-bond donors (Lipinski definition) is 1. The van der Waals surface area contributed by atoms with Crippen molar-refractivity contribution in [3.05, 3.63) is 35.9 Å². The Labute approximate surface area is 137 Å². The van der Waals surface area contributed by atoms with Gasteiger partial charge in [-0.25, -0.2) is 0 Å². The van der Waals surface area contributed by atoms with Gasteiger partial charge >= 0.3 is 0 Å². The molecule has 124 valence electrons. The van der Waals surface area contributed by atoms with Crippen molar-refractivity contribution in [2.75, 3.05) is 26.2 Å². The van der Waals surface area contributed by atoms with Gasteiger partial charge in [-0.2, -0.15) is 0 Å². The molecule has 1 saturated heterocycles. The van der Waals surface area contributed by atoms with Crippen LogP contribution in [0.5, 0.6) is 0 Å². The molecular formula is C18H25N3O2. The minimum absolute atomic E-state index is 0.0388. The maximum atomic E-state index is 12.2. The third-order valence-electron chi connectivity index (χ3n) is 4.53. The number of carbonyl (C=O) groups excluding carboxylic acids is 2. The van der Waals surface area contributed by atoms with E-state index in [1.54, 1.807) is 0 Å². The molecule has 0 bridgehead atoms. The highest BCUT2D eigenvalue weighted by atomic mass is 16.2. The summed E-state index contributed by atoms with van der Waals surface area (Å²) in [6.45, 7) is 2.95. The zero-order valence-corrected chi connectivity index (χ0v) is 13.5. The summed E-state index contributed by atoms with van der Waals surface area (Å²) in [7, 11) is 0. The normalized spacial score (nSPS) is 17.5. The van der Waals surface area contributed by atoms with E-state index in [4.69, 9.17) is 0 Å². The maximum absolute atomic E-state index is 12.2. The number of carbonyl (C=O) groups is 2. The monoisotopic (exact) mass is 315 g/mol. The van der Waals surface area contributed by atoms with Gasteiger partial charge in [-0.15, -0.1) is 0 Å². The number of amides is 2. The molecule has 1 aliphatic heterocycles. The van der Waals surface area contributed by atoms with Gasteiger partial charge in [0.1, 0.15) is 0 Å². The smallest absolute Gasteiger partial charge is 0.241 e. The Bertz CT molecular complexity index is 536. The first-order valence-electron chi connectivity index (χ1n) is 8.55. The van der Waals surface area contributed by atoms with Gasteiger partial charge in [0.15, 0.2) is 0 Å². The van der Waals surface area contributed by atoms with E-state index in [0.717, 1.165) is 45.3 Å². The summed E-state index contributed by atoms with van der Waals surface area (Å²) in [6.07, 6.45) is 4.47. The number of rotatable bonds is 7. The number of likely N-dealkylation sites (tertiary alicyclic amines) is 1. The van der Waals surface area contributed by atoms with Crippen LogP contribution in [0.4, 0.5) is 0 Å². The average molecular weight is 315 g/mol. The van der Waals surface area contributed by atoms with Crippen LogP contribution in [0.25, 0.3) is 0 Å². The Morgan fingerprint density at radius 1 is 1.13 bits per heavy atom. The summed E-state index contributed by atoms with van der Waals surface area (Å²) in [5, 5.41) is 2.79. The van der Waals surface area contributed by atoms with E-state index < -0.39 is 0 Å². The molecular weight excluding hydrogens is 290 g/mol. The lowest BCUT2D eigenvalue weighted by molar-refractivity contribution is -0.132. The van der Waals surface area contributed by atoms with Gasteiger partial charge in [0, 0.05) is 25.7 Å². The maximum Gasteiger partial charge on any atom is 0.241 e. The third-order valence-corrected chi connectivity index (χ3v) is 4.53. The predicted octanol–water partition coefficient (Wildman–Crippen LogP) is 1.39. The molecule has 5 nitrogen and oxygen atoms in total. The molecule has 1 aromatic carbocycles. The van der Waals surface area contributed by atoms with Gasteiger partial charge in [0.2, 0.25) is 11.8 Å². The lowest BCUT2D eigenvalue weighted by Crippen LogP contribution is -2.43. The summed E-state index contributed by atoms with van der Waals surface area (Å²) in [5.41, 5.74) is 1.22. The van der Waals surface area contributed by atoms with Crippen molar-refractivity contribution in [1.29, 1.82) is 0 Å². The first-order chi connectivity index (χ1) is 11.2. The summed E-state index contributed by atoms with van der Waals surface area (Å²) in [6, 6.07) is 10.7. The lowest BCUT2D eigenvalue weighted by Gasteiger charge is -2.22. The number of nitrogens with zero attached hydrogens (tertiary/aromatic N) is 2. The van der Waals surface area contributed by atoms with Crippen LogP contribution in [0, 0.1) is 0 Å². The predicted molar refractivity (Wildman–Crippen MR) is 88.7 cm³/mol. The average Bonchev–Trinajstić information content (AvgIpc) is 3.27. The van der Waals surface area contributed by atoms with Crippen molar-refractivity contribution >= 4 is 11.8 Å². The minimum Gasteiger partial charge on any atom is -0.346 e. The van der Waals surface area contributed by atoms with Gasteiger partial charge in [0.25, 0.3) is 0 Å². The van der Waals surface area contributed by atoms with Crippen molar-refractivity contribution in [1.82, 2.24) is 15.1 Å². The second-order valence-corrected chi connectivity index (χ2v) is 6.49. The fourth-order valence-corrected chi connectivity index (χ4v) is 3.06. The SMILES string of the molecule is O=C(CN(Cc1ccccc1)C1CC1)NCC(=O)N1CCCC1. The molecule has 0 aromatic heterocycles. The summed E-state index contributed by atoms with van der Waals surface area (Å²) in [4.78, 5) is 28.2. The standard InChI is InChI=1S/C18H25N3O2/c22-17(19-12-18(23)20-10-4-5-11-20)14-21(16-8-9-16)13-15-6-2-1-3-7-15/h1-3,6-7,16H,4-5,8-14H2,(H,19,22). The minimum atomic E-state index is -0.0552. The van der Waals surface area contributed by atoms with Crippen LogP contribution in [0.2, 0.25) is 0 Å². The molecule has 5 heteroatoms. The second-order valence-electron chi connectivity index (χ2n) is 6.49. The van der Waals surface area contributed by atoms with Crippen LogP contribution in [0.15, 0.2) is 30.3 Å². The van der Waals surface area contributed by atoms with E-state index >= 15 is 0 Å². The molecule has 3 rings (SSSR count). The van der Waals surface area contributed by atoms with Crippen LogP contribution in [-0.2, 0) is 16.1 Å². The number of benzene rings is 1. The molecule has 23 heavy (non-hydrogen) atoms. The molecule has 2 aliphatic rings. The molecule has 1 N–H and O–H groups in total. The van der Waals surface area contributed by atoms with Gasteiger partial charge in [-0.1, -0.05) is 30.3 Å². The Hall–Kier alpha value is -1.88. The van der Waals surface area contributed by atoms with Crippen molar-refractivity contribution in [2.45, 2.75) is 38.3 Å². The van der Waals surface area contributed by atoms with Crippen LogP contribution in [0.1, 0.15) is 31.2 Å². The fraction of sp³-hybridized carbons (Fsp3) is 0.556. The highest BCUT2D eigenvalue weighted by Crippen LogP contribution is 2.27. The van der Waals surface area contributed by atoms with Gasteiger partial charge in [0.05, 0.1) is 13.1 Å². The summed E-state index contributed by atoms with van der Waals surface area (Å²) >= 11 is 0. The van der Waals surface area contributed by atoms with Crippen molar-refractivity contribution in [2.24, 2.45) is 0 Å². The Morgan fingerprint density at radius 3 is 2.48 bits per heavy atom. The Balaban J connectivity index is 1.45. The molecule has 2 fully saturated rings. The van der Waals surface area contributed by atoms with Gasteiger partial charge < -0.3 is 10.2 Å². The van der Waals surface area contributed by atoms with Crippen LogP contribution < -0.4 is 5.32 Å². The molecule has 0 atom stereocenters. The topological polar surface area (TPSA) is 52.7 Å². The van der Waals surface area contributed by atoms with E-state index in [1.165, 1.54) is 5.56 Å². The number of nitrogens with one attached hydrogen (secondary N) is 1. The van der Waals surface area contributed by atoms with E-state index in [9.17, 15) is 9.59 Å². The van der Waals surface area contributed by atoms with Crippen molar-refractivity contribution in [3.63, 3.8) is 0 Å². The number of hydrogen-bond acceptors (Lipinski definition) is 3. The molecule has 1 saturated carbocycles. The van der Waals surface area contributed by atoms with E-state index in [-0.39, 0.29) is 18.4 Å². The lowest BCUT2D eigenvalue weighted by atomic mass is 10.2. The second kappa shape index (κ2) is 7.59. The molecule has 0 radical (unpaired) electrons. The molecule has 1 aliphatic carbocycles. The van der Waals surface area contributed by atoms with Gasteiger partial charge in [-0.3, -0.25) is 14.5 Å². The fourth-order valence-electron chi connectivity index (χ4n) is 3.06. The largest absolute Gasteiger partial charge is 0.346 e. The zero-order valence-electron chi connectivity index (χ0n) is 13.5. The van der Waals surface area contributed by atoms with Crippen LogP contribution >= 0.6 is 0 Å². The molecule has 1 aromatic rings. The highest BCUT2D eigenvalue weighted by Gasteiger charge is 2.30. The van der Waals surface area contributed by atoms with Crippen molar-refractivity contribution in [3.8, 4) is 0 Å². The van der Waals surface area contributed by atoms with Crippen molar-refractivity contribution < 1.29 is 9.59 Å². The van der Waals surface area contributed by atoms with Gasteiger partial charge in [-0.05, 0) is 31.2 Å². The zero-order chi connectivity index (χ0) is 16.1. The third kappa shape index (κ3) is 4.79. The molecule has 1 heterocycles. The highest BCUT2D eigenvalue weighted by molar-refractivity contribution is 5.85. The Kier molecular flexibility index (Phi) is 5.28. The first-order valence-corrected chi connectivity index (χ1v) is 8.55. The Morgan fingerprint density at radius 2 is 1.83 bits per heavy atom. The summed E-state index contributed by atoms with van der Waals surface area (Å²) < 4.78 is 0. The summed E-state index contributed by atoms with van der Waals surface area (Å²) in [5.74, 6) is -0.0164. The molecule has 2 amide bonds. The molecule has 0 unspecified atom stereocenters. The van der Waals surface area contributed by atoms with Crippen LogP contribution in [-0.4, -0.2) is 53.8 Å². The van der Waals surface area contributed by atoms with E-state index in [2.05, 4.69) is 22.3 Å². The first kappa shape index (κ1) is 16.0. The van der Waals surface area contributed by atoms with Crippen LogP contribution in [0.3, 0.4) is 0 Å². The van der Waals surface area contributed by atoms with E-state index in [1.807, 2.05) is 23.1 Å². The molecule has 0 spiro atoms. The quantitative estimate of drug-likeness (QED) is 0.827. The van der Waals surface area contributed by atoms with E-state index in [0.29, 0.717) is 12.6 Å².